The number of carbonyl (C=O) groups is 1. The lowest BCUT2D eigenvalue weighted by Crippen LogP contribution is -2.56. The standard InChI is InChI=1S/C11H22N2O/c1-8(2)10(7-12-4)11-5-6-13(11)9(3)14/h8,10-12H,5-7H2,1-4H3. The number of rotatable bonds is 4. The summed E-state index contributed by atoms with van der Waals surface area (Å²) >= 11 is 0. The van der Waals surface area contributed by atoms with E-state index in [1.54, 1.807) is 6.92 Å². The van der Waals surface area contributed by atoms with Gasteiger partial charge in [0.25, 0.3) is 0 Å². The van der Waals surface area contributed by atoms with E-state index in [0.29, 0.717) is 17.9 Å². The van der Waals surface area contributed by atoms with Crippen LogP contribution in [0.3, 0.4) is 0 Å². The first kappa shape index (κ1) is 11.5. The van der Waals surface area contributed by atoms with Gasteiger partial charge in [0, 0.05) is 19.5 Å². The second-order valence-corrected chi connectivity index (χ2v) is 4.53. The number of amides is 1. The van der Waals surface area contributed by atoms with Gasteiger partial charge in [-0.1, -0.05) is 13.8 Å². The first-order valence-corrected chi connectivity index (χ1v) is 5.49. The smallest absolute Gasteiger partial charge is 0.219 e. The highest BCUT2D eigenvalue weighted by Gasteiger charge is 2.37. The van der Waals surface area contributed by atoms with Gasteiger partial charge in [-0.05, 0) is 31.8 Å². The Morgan fingerprint density at radius 1 is 1.57 bits per heavy atom. The summed E-state index contributed by atoms with van der Waals surface area (Å²) in [6.07, 6.45) is 1.17. The topological polar surface area (TPSA) is 32.3 Å². The van der Waals surface area contributed by atoms with Crippen LogP contribution in [0.15, 0.2) is 0 Å². The van der Waals surface area contributed by atoms with Crippen molar-refractivity contribution in [3.8, 4) is 0 Å². The van der Waals surface area contributed by atoms with Crippen molar-refractivity contribution in [3.63, 3.8) is 0 Å². The van der Waals surface area contributed by atoms with Crippen molar-refractivity contribution in [2.24, 2.45) is 11.8 Å². The fraction of sp³-hybridized carbons (Fsp3) is 0.909. The van der Waals surface area contributed by atoms with Gasteiger partial charge in [-0.3, -0.25) is 4.79 Å². The van der Waals surface area contributed by atoms with Crippen molar-refractivity contribution in [1.29, 1.82) is 0 Å². The van der Waals surface area contributed by atoms with Gasteiger partial charge in [0.15, 0.2) is 0 Å². The van der Waals surface area contributed by atoms with Crippen molar-refractivity contribution in [3.05, 3.63) is 0 Å². The molecule has 82 valence electrons. The minimum Gasteiger partial charge on any atom is -0.339 e. The maximum atomic E-state index is 11.3. The Hall–Kier alpha value is -0.570. The van der Waals surface area contributed by atoms with Crippen molar-refractivity contribution in [2.75, 3.05) is 20.1 Å². The number of hydrogen-bond donors (Lipinski definition) is 1. The molecule has 3 nitrogen and oxygen atoms in total. The summed E-state index contributed by atoms with van der Waals surface area (Å²) in [6, 6.07) is 0.472. The fourth-order valence-corrected chi connectivity index (χ4v) is 2.30. The van der Waals surface area contributed by atoms with Crippen molar-refractivity contribution < 1.29 is 4.79 Å². The van der Waals surface area contributed by atoms with Crippen LogP contribution in [-0.2, 0) is 4.79 Å². The van der Waals surface area contributed by atoms with Gasteiger partial charge in [0.2, 0.25) is 5.91 Å². The van der Waals surface area contributed by atoms with Gasteiger partial charge in [-0.2, -0.15) is 0 Å². The fourth-order valence-electron chi connectivity index (χ4n) is 2.30. The summed E-state index contributed by atoms with van der Waals surface area (Å²) in [5.74, 6) is 1.45. The van der Waals surface area contributed by atoms with E-state index in [2.05, 4.69) is 19.2 Å². The first-order valence-electron chi connectivity index (χ1n) is 5.49. The van der Waals surface area contributed by atoms with Crippen LogP contribution in [0.4, 0.5) is 0 Å². The Balaban J connectivity index is 2.55. The third-order valence-electron chi connectivity index (χ3n) is 3.26. The Bertz CT molecular complexity index is 203. The molecule has 0 saturated carbocycles. The molecule has 1 heterocycles. The molecule has 2 unspecified atom stereocenters. The van der Waals surface area contributed by atoms with E-state index in [9.17, 15) is 4.79 Å². The molecular formula is C11H22N2O. The molecule has 0 radical (unpaired) electrons. The SMILES string of the molecule is CNCC(C(C)C)C1CCN1C(C)=O. The van der Waals surface area contributed by atoms with E-state index < -0.39 is 0 Å². The lowest BCUT2D eigenvalue weighted by Gasteiger charge is -2.46. The normalized spacial score (nSPS) is 23.5. The van der Waals surface area contributed by atoms with Crippen LogP contribution in [0.1, 0.15) is 27.2 Å². The zero-order valence-electron chi connectivity index (χ0n) is 9.71. The Labute approximate surface area is 86.9 Å². The third-order valence-corrected chi connectivity index (χ3v) is 3.26. The molecule has 3 heteroatoms. The largest absolute Gasteiger partial charge is 0.339 e. The van der Waals surface area contributed by atoms with Gasteiger partial charge in [-0.15, -0.1) is 0 Å². The molecule has 1 aliphatic heterocycles. The summed E-state index contributed by atoms with van der Waals surface area (Å²) in [4.78, 5) is 13.3. The van der Waals surface area contributed by atoms with Gasteiger partial charge in [-0.25, -0.2) is 0 Å². The molecular weight excluding hydrogens is 176 g/mol. The molecule has 0 aromatic heterocycles. The molecule has 0 spiro atoms. The van der Waals surface area contributed by atoms with Gasteiger partial charge >= 0.3 is 0 Å². The number of nitrogens with one attached hydrogen (secondary N) is 1. The monoisotopic (exact) mass is 198 g/mol. The predicted octanol–water partition coefficient (Wildman–Crippen LogP) is 1.10. The lowest BCUT2D eigenvalue weighted by molar-refractivity contribution is -0.139. The lowest BCUT2D eigenvalue weighted by atomic mass is 9.81. The van der Waals surface area contributed by atoms with Crippen LogP contribution in [0.25, 0.3) is 0 Å². The summed E-state index contributed by atoms with van der Waals surface area (Å²) in [5.41, 5.74) is 0. The van der Waals surface area contributed by atoms with Crippen LogP contribution < -0.4 is 5.32 Å². The quantitative estimate of drug-likeness (QED) is 0.733. The minimum atomic E-state index is 0.225. The second-order valence-electron chi connectivity index (χ2n) is 4.53. The summed E-state index contributed by atoms with van der Waals surface area (Å²) in [7, 11) is 1.98. The number of hydrogen-bond acceptors (Lipinski definition) is 2. The van der Waals surface area contributed by atoms with Crippen molar-refractivity contribution in [2.45, 2.75) is 33.2 Å². The summed E-state index contributed by atoms with van der Waals surface area (Å²) in [5, 5.41) is 3.22. The maximum Gasteiger partial charge on any atom is 0.219 e. The highest BCUT2D eigenvalue weighted by molar-refractivity contribution is 5.74. The molecule has 1 fully saturated rings. The number of nitrogens with zero attached hydrogens (tertiary/aromatic N) is 1. The van der Waals surface area contributed by atoms with Crippen molar-refractivity contribution in [1.82, 2.24) is 10.2 Å². The van der Waals surface area contributed by atoms with Gasteiger partial charge in [0.1, 0.15) is 0 Å². The van der Waals surface area contributed by atoms with Gasteiger partial charge in [0.05, 0.1) is 0 Å². The highest BCUT2D eigenvalue weighted by atomic mass is 16.2. The van der Waals surface area contributed by atoms with E-state index in [1.165, 1.54) is 6.42 Å². The average molecular weight is 198 g/mol. The third kappa shape index (κ3) is 2.27. The van der Waals surface area contributed by atoms with Crippen molar-refractivity contribution >= 4 is 5.91 Å². The van der Waals surface area contributed by atoms with E-state index in [1.807, 2.05) is 11.9 Å². The van der Waals surface area contributed by atoms with Crippen LogP contribution in [0.2, 0.25) is 0 Å². The molecule has 2 atom stereocenters. The number of likely N-dealkylation sites (tertiary alicyclic amines) is 1. The Morgan fingerprint density at radius 2 is 2.21 bits per heavy atom. The Kier molecular flexibility index (Phi) is 3.93. The number of carbonyl (C=O) groups excluding carboxylic acids is 1. The van der Waals surface area contributed by atoms with E-state index in [4.69, 9.17) is 0 Å². The average Bonchev–Trinajstić information content (AvgIpc) is 1.99. The minimum absolute atomic E-state index is 0.225. The second kappa shape index (κ2) is 4.78. The summed E-state index contributed by atoms with van der Waals surface area (Å²) in [6.45, 7) is 8.10. The molecule has 1 rings (SSSR count). The highest BCUT2D eigenvalue weighted by Crippen LogP contribution is 2.29. The molecule has 1 aliphatic rings. The zero-order chi connectivity index (χ0) is 10.7. The molecule has 0 aliphatic carbocycles. The van der Waals surface area contributed by atoms with E-state index in [0.717, 1.165) is 13.1 Å². The molecule has 1 saturated heterocycles. The Morgan fingerprint density at radius 3 is 2.50 bits per heavy atom. The van der Waals surface area contributed by atoms with E-state index in [-0.39, 0.29) is 5.91 Å². The van der Waals surface area contributed by atoms with Crippen LogP contribution in [0.5, 0.6) is 0 Å². The zero-order valence-corrected chi connectivity index (χ0v) is 9.71. The van der Waals surface area contributed by atoms with Crippen LogP contribution >= 0.6 is 0 Å². The molecule has 1 N–H and O–H groups in total. The van der Waals surface area contributed by atoms with Gasteiger partial charge < -0.3 is 10.2 Å². The maximum absolute atomic E-state index is 11.3. The summed E-state index contributed by atoms with van der Waals surface area (Å²) < 4.78 is 0. The van der Waals surface area contributed by atoms with Crippen LogP contribution in [0, 0.1) is 11.8 Å². The molecule has 0 aromatic carbocycles. The molecule has 14 heavy (non-hydrogen) atoms. The molecule has 0 aromatic rings. The van der Waals surface area contributed by atoms with Crippen LogP contribution in [-0.4, -0.2) is 37.0 Å². The predicted molar refractivity (Wildman–Crippen MR) is 58.0 cm³/mol. The van der Waals surface area contributed by atoms with E-state index >= 15 is 0 Å². The first-order chi connectivity index (χ1) is 6.57. The molecule has 0 bridgehead atoms. The molecule has 1 amide bonds.